The van der Waals surface area contributed by atoms with Crippen LogP contribution in [0.3, 0.4) is 0 Å². The molecule has 0 radical (unpaired) electrons. The molecule has 1 aliphatic carbocycles. The van der Waals surface area contributed by atoms with Gasteiger partial charge in [0.1, 0.15) is 5.75 Å². The Kier molecular flexibility index (Phi) is 2.81. The van der Waals surface area contributed by atoms with Gasteiger partial charge >= 0.3 is 0 Å². The Morgan fingerprint density at radius 2 is 1.76 bits per heavy atom. The van der Waals surface area contributed by atoms with Crippen LogP contribution in [0.1, 0.15) is 24.5 Å². The molecule has 0 spiro atoms. The first kappa shape index (κ1) is 11.1. The van der Waals surface area contributed by atoms with Crippen LogP contribution < -0.4 is 4.74 Å². The van der Waals surface area contributed by atoms with E-state index < -0.39 is 0 Å². The summed E-state index contributed by atoms with van der Waals surface area (Å²) in [5.74, 6) is 1.48. The third-order valence-electron chi connectivity index (χ3n) is 3.88. The van der Waals surface area contributed by atoms with E-state index in [-0.39, 0.29) is 6.10 Å². The molecule has 1 aromatic carbocycles. The topological polar surface area (TPSA) is 31.0 Å². The van der Waals surface area contributed by atoms with Crippen LogP contribution in [0.5, 0.6) is 5.75 Å². The van der Waals surface area contributed by atoms with Gasteiger partial charge in [0.2, 0.25) is 0 Å². The lowest BCUT2D eigenvalue weighted by Crippen LogP contribution is -2.14. The van der Waals surface area contributed by atoms with E-state index in [2.05, 4.69) is 12.1 Å². The van der Waals surface area contributed by atoms with Crippen LogP contribution in [0, 0.1) is 5.92 Å². The smallest absolute Gasteiger partial charge is 0.118 e. The zero-order chi connectivity index (χ0) is 11.8. The number of ether oxygens (including phenoxy) is 3. The molecular weight excluding hydrogens is 216 g/mol. The van der Waals surface area contributed by atoms with Crippen LogP contribution in [0.4, 0.5) is 0 Å². The van der Waals surface area contributed by atoms with E-state index in [4.69, 9.17) is 14.2 Å². The minimum absolute atomic E-state index is 0.192. The van der Waals surface area contributed by atoms with Crippen molar-refractivity contribution in [2.24, 2.45) is 5.92 Å². The fourth-order valence-corrected chi connectivity index (χ4v) is 2.93. The van der Waals surface area contributed by atoms with Gasteiger partial charge in [-0.25, -0.2) is 0 Å². The Hall–Kier alpha value is -1.06. The number of epoxide rings is 1. The molecule has 3 atom stereocenters. The number of fused-ring (bicyclic) bond motifs is 1. The molecule has 3 nitrogen and oxygen atoms in total. The first-order valence-electron chi connectivity index (χ1n) is 6.14. The summed E-state index contributed by atoms with van der Waals surface area (Å²) in [5, 5.41) is 0. The van der Waals surface area contributed by atoms with Crippen molar-refractivity contribution in [1.82, 2.24) is 0 Å². The summed E-state index contributed by atoms with van der Waals surface area (Å²) in [6.45, 7) is 0. The van der Waals surface area contributed by atoms with Crippen molar-refractivity contribution in [2.45, 2.75) is 31.2 Å². The highest BCUT2D eigenvalue weighted by molar-refractivity contribution is 5.29. The molecule has 3 unspecified atom stereocenters. The summed E-state index contributed by atoms with van der Waals surface area (Å²) in [6.07, 6.45) is 3.48. The van der Waals surface area contributed by atoms with Gasteiger partial charge in [-0.1, -0.05) is 12.1 Å². The van der Waals surface area contributed by atoms with Crippen molar-refractivity contribution in [3.8, 4) is 5.75 Å². The van der Waals surface area contributed by atoms with Crippen molar-refractivity contribution in [3.05, 3.63) is 29.8 Å². The molecular formula is C14H18O3. The predicted molar refractivity (Wildman–Crippen MR) is 64.1 cm³/mol. The molecule has 1 saturated heterocycles. The van der Waals surface area contributed by atoms with E-state index in [0.29, 0.717) is 18.1 Å². The van der Waals surface area contributed by atoms with Gasteiger partial charge in [-0.2, -0.15) is 0 Å². The molecule has 1 aromatic rings. The van der Waals surface area contributed by atoms with Crippen LogP contribution >= 0.6 is 0 Å². The molecule has 0 aromatic heterocycles. The summed E-state index contributed by atoms with van der Waals surface area (Å²) in [4.78, 5) is 0. The molecule has 0 N–H and O–H groups in total. The zero-order valence-electron chi connectivity index (χ0n) is 10.3. The third kappa shape index (κ3) is 2.05. The summed E-state index contributed by atoms with van der Waals surface area (Å²) < 4.78 is 16.3. The largest absolute Gasteiger partial charge is 0.497 e. The second kappa shape index (κ2) is 4.31. The van der Waals surface area contributed by atoms with E-state index in [9.17, 15) is 0 Å². The predicted octanol–water partition coefficient (Wildman–Crippen LogP) is 2.56. The Labute approximate surface area is 102 Å². The second-order valence-electron chi connectivity index (χ2n) is 4.87. The average molecular weight is 234 g/mol. The molecule has 3 rings (SSSR count). The highest BCUT2D eigenvalue weighted by Gasteiger charge is 2.50. The monoisotopic (exact) mass is 234 g/mol. The van der Waals surface area contributed by atoms with Crippen molar-refractivity contribution in [3.63, 3.8) is 0 Å². The number of methoxy groups -OCH3 is 2. The third-order valence-corrected chi connectivity index (χ3v) is 3.88. The summed E-state index contributed by atoms with van der Waals surface area (Å²) in [6, 6.07) is 8.18. The normalized spacial score (nSPS) is 32.0. The summed E-state index contributed by atoms with van der Waals surface area (Å²) in [7, 11) is 3.48. The molecule has 2 aliphatic rings. The Balaban J connectivity index is 1.74. The van der Waals surface area contributed by atoms with E-state index in [1.807, 2.05) is 12.1 Å². The number of hydrogen-bond acceptors (Lipinski definition) is 3. The van der Waals surface area contributed by atoms with Crippen molar-refractivity contribution < 1.29 is 14.2 Å². The van der Waals surface area contributed by atoms with Gasteiger partial charge in [0.25, 0.3) is 0 Å². The van der Waals surface area contributed by atoms with E-state index >= 15 is 0 Å². The molecule has 1 saturated carbocycles. The van der Waals surface area contributed by atoms with Crippen LogP contribution in [-0.2, 0) is 9.47 Å². The lowest BCUT2D eigenvalue weighted by atomic mass is 9.93. The number of rotatable bonds is 4. The molecule has 2 fully saturated rings. The quantitative estimate of drug-likeness (QED) is 0.750. The molecule has 92 valence electrons. The van der Waals surface area contributed by atoms with Crippen LogP contribution in [0.15, 0.2) is 24.3 Å². The van der Waals surface area contributed by atoms with Gasteiger partial charge in [-0.3, -0.25) is 0 Å². The molecule has 17 heavy (non-hydrogen) atoms. The van der Waals surface area contributed by atoms with Crippen molar-refractivity contribution >= 4 is 0 Å². The first-order valence-corrected chi connectivity index (χ1v) is 6.14. The molecule has 1 aliphatic heterocycles. The fraction of sp³-hybridized carbons (Fsp3) is 0.571. The average Bonchev–Trinajstić information content (AvgIpc) is 2.98. The maximum Gasteiger partial charge on any atom is 0.118 e. The Morgan fingerprint density at radius 3 is 2.29 bits per heavy atom. The van der Waals surface area contributed by atoms with E-state index in [1.54, 1.807) is 14.2 Å². The van der Waals surface area contributed by atoms with Gasteiger partial charge in [0.15, 0.2) is 0 Å². The van der Waals surface area contributed by atoms with Crippen LogP contribution in [-0.4, -0.2) is 26.4 Å². The molecule has 0 bridgehead atoms. The lowest BCUT2D eigenvalue weighted by molar-refractivity contribution is 0.0383. The molecule has 0 amide bonds. The fourth-order valence-electron chi connectivity index (χ4n) is 2.93. The lowest BCUT2D eigenvalue weighted by Gasteiger charge is -2.23. The molecule has 3 heteroatoms. The SMILES string of the molecule is COc1ccc(C(OC)C2CC3OC3C2)cc1. The van der Waals surface area contributed by atoms with Crippen molar-refractivity contribution in [2.75, 3.05) is 14.2 Å². The zero-order valence-corrected chi connectivity index (χ0v) is 10.3. The minimum Gasteiger partial charge on any atom is -0.497 e. The van der Waals surface area contributed by atoms with Gasteiger partial charge in [0.05, 0.1) is 25.4 Å². The second-order valence-corrected chi connectivity index (χ2v) is 4.87. The maximum atomic E-state index is 5.67. The minimum atomic E-state index is 0.192. The Morgan fingerprint density at radius 1 is 1.12 bits per heavy atom. The van der Waals surface area contributed by atoms with Gasteiger partial charge in [0, 0.05) is 7.11 Å². The highest BCUT2D eigenvalue weighted by atomic mass is 16.6. The van der Waals surface area contributed by atoms with Crippen LogP contribution in [0.25, 0.3) is 0 Å². The first-order chi connectivity index (χ1) is 8.31. The standard InChI is InChI=1S/C14H18O3/c1-15-11-5-3-9(4-6-11)14(16-2)10-7-12-13(8-10)17-12/h3-6,10,12-14H,7-8H2,1-2H3. The van der Waals surface area contributed by atoms with E-state index in [0.717, 1.165) is 18.6 Å². The summed E-state index contributed by atoms with van der Waals surface area (Å²) >= 11 is 0. The maximum absolute atomic E-state index is 5.67. The Bertz CT molecular complexity index is 377. The molecule has 1 heterocycles. The number of benzene rings is 1. The van der Waals surface area contributed by atoms with Gasteiger partial charge in [-0.05, 0) is 36.5 Å². The van der Waals surface area contributed by atoms with Crippen molar-refractivity contribution in [1.29, 1.82) is 0 Å². The number of hydrogen-bond donors (Lipinski definition) is 0. The van der Waals surface area contributed by atoms with Gasteiger partial charge in [-0.15, -0.1) is 0 Å². The van der Waals surface area contributed by atoms with Gasteiger partial charge < -0.3 is 14.2 Å². The van der Waals surface area contributed by atoms with Crippen LogP contribution in [0.2, 0.25) is 0 Å². The van der Waals surface area contributed by atoms with E-state index in [1.165, 1.54) is 5.56 Å². The summed E-state index contributed by atoms with van der Waals surface area (Å²) in [5.41, 5.74) is 1.24. The highest BCUT2D eigenvalue weighted by Crippen LogP contribution is 2.48.